The molecule has 1 fully saturated rings. The van der Waals surface area contributed by atoms with E-state index in [0.717, 1.165) is 25.0 Å². The fraction of sp³-hybridized carbons (Fsp3) is 0.455. The normalized spacial score (nSPS) is 19.5. The molecule has 3 aromatic rings. The Morgan fingerprint density at radius 1 is 1.28 bits per heavy atom. The Morgan fingerprint density at radius 2 is 2.03 bits per heavy atom. The van der Waals surface area contributed by atoms with Crippen molar-refractivity contribution in [3.05, 3.63) is 45.8 Å². The molecule has 32 heavy (non-hydrogen) atoms. The van der Waals surface area contributed by atoms with Crippen LogP contribution in [0.15, 0.2) is 23.1 Å². The van der Waals surface area contributed by atoms with Crippen molar-refractivity contribution in [1.29, 1.82) is 0 Å². The van der Waals surface area contributed by atoms with E-state index in [2.05, 4.69) is 27.8 Å². The molecule has 0 saturated carbocycles. The summed E-state index contributed by atoms with van der Waals surface area (Å²) in [7, 11) is 1.11. The minimum Gasteiger partial charge on any atom is -0.366 e. The van der Waals surface area contributed by atoms with Gasteiger partial charge in [0.1, 0.15) is 11.3 Å². The number of hydrogen-bond acceptors (Lipinski definition) is 5. The van der Waals surface area contributed by atoms with Gasteiger partial charge in [-0.1, -0.05) is 0 Å². The number of nitrogens with one attached hydrogen (secondary N) is 1. The number of anilines is 2. The smallest absolute Gasteiger partial charge is 0.330 e. The van der Waals surface area contributed by atoms with Crippen LogP contribution in [-0.2, 0) is 7.05 Å². The SMILES string of the molecule is Cc1cc(C(N)=O)c(F)cc1Nc1ncc2c(n1)n(C1CCCS(C)(C)CC1)c(=O)n2C. The maximum atomic E-state index is 14.3. The van der Waals surface area contributed by atoms with Crippen molar-refractivity contribution < 1.29 is 9.18 Å². The molecule has 10 heteroatoms. The Balaban J connectivity index is 1.73. The number of hydrogen-bond donors (Lipinski definition) is 2. The van der Waals surface area contributed by atoms with Crippen molar-refractivity contribution in [3.8, 4) is 0 Å². The molecule has 1 aliphatic rings. The molecular formula is C22H29FN6O2S. The monoisotopic (exact) mass is 460 g/mol. The average Bonchev–Trinajstić information content (AvgIpc) is 2.84. The average molecular weight is 461 g/mol. The molecule has 0 bridgehead atoms. The lowest BCUT2D eigenvalue weighted by molar-refractivity contribution is 0.0996. The lowest BCUT2D eigenvalue weighted by atomic mass is 10.1. The van der Waals surface area contributed by atoms with Gasteiger partial charge in [0.05, 0.1) is 11.8 Å². The molecular weight excluding hydrogens is 431 g/mol. The van der Waals surface area contributed by atoms with Crippen molar-refractivity contribution in [2.45, 2.75) is 32.2 Å². The Hall–Kier alpha value is -2.88. The van der Waals surface area contributed by atoms with Crippen LogP contribution in [-0.4, -0.2) is 49.0 Å². The van der Waals surface area contributed by atoms with Crippen molar-refractivity contribution >= 4 is 38.7 Å². The fourth-order valence-electron chi connectivity index (χ4n) is 4.32. The third-order valence-corrected chi connectivity index (χ3v) is 9.00. The van der Waals surface area contributed by atoms with E-state index < -0.39 is 21.8 Å². The molecule has 172 valence electrons. The minimum atomic E-state index is -0.823. The largest absolute Gasteiger partial charge is 0.366 e. The number of benzene rings is 1. The van der Waals surface area contributed by atoms with E-state index in [1.165, 1.54) is 17.9 Å². The summed E-state index contributed by atoms with van der Waals surface area (Å²) in [4.78, 5) is 33.4. The van der Waals surface area contributed by atoms with Crippen molar-refractivity contribution in [2.75, 3.05) is 29.3 Å². The minimum absolute atomic E-state index is 0.0947. The molecule has 1 saturated heterocycles. The van der Waals surface area contributed by atoms with Gasteiger partial charge in [0, 0.05) is 18.8 Å². The zero-order valence-corrected chi connectivity index (χ0v) is 19.6. The zero-order chi connectivity index (χ0) is 23.2. The molecule has 1 aliphatic heterocycles. The number of primary amides is 1. The second-order valence-corrected chi connectivity index (χ2v) is 13.4. The Labute approximate surface area is 187 Å². The van der Waals surface area contributed by atoms with Crippen LogP contribution in [0.5, 0.6) is 0 Å². The zero-order valence-electron chi connectivity index (χ0n) is 18.8. The first-order chi connectivity index (χ1) is 15.1. The highest BCUT2D eigenvalue weighted by atomic mass is 32.3. The van der Waals surface area contributed by atoms with E-state index in [1.807, 2.05) is 0 Å². The van der Waals surface area contributed by atoms with Crippen LogP contribution in [0.1, 0.15) is 41.2 Å². The summed E-state index contributed by atoms with van der Waals surface area (Å²) in [5.41, 5.74) is 7.24. The van der Waals surface area contributed by atoms with Gasteiger partial charge < -0.3 is 11.1 Å². The van der Waals surface area contributed by atoms with Crippen LogP contribution in [0.3, 0.4) is 0 Å². The summed E-state index contributed by atoms with van der Waals surface area (Å²) < 4.78 is 17.6. The standard InChI is InChI=1S/C22H29FN6O2S/c1-13-10-15(19(24)30)16(23)11-17(13)26-21-25-12-18-20(27-21)29(22(31)28(18)2)14-6-5-8-32(3,4)9-7-14/h10-12,14H,5-9H2,1-4H3,(H2,24,30)(H,25,26,27). The van der Waals surface area contributed by atoms with E-state index in [9.17, 15) is 14.0 Å². The number of nitrogens with zero attached hydrogens (tertiary/aromatic N) is 4. The number of halogens is 1. The second kappa shape index (κ2) is 8.23. The van der Waals surface area contributed by atoms with Crippen molar-refractivity contribution in [3.63, 3.8) is 0 Å². The van der Waals surface area contributed by atoms with Gasteiger partial charge in [0.25, 0.3) is 5.91 Å². The van der Waals surface area contributed by atoms with Gasteiger partial charge in [0.15, 0.2) is 5.65 Å². The van der Waals surface area contributed by atoms with Crippen LogP contribution in [0.2, 0.25) is 0 Å². The van der Waals surface area contributed by atoms with Crippen LogP contribution >= 0.6 is 10.0 Å². The van der Waals surface area contributed by atoms with E-state index in [-0.39, 0.29) is 23.2 Å². The van der Waals surface area contributed by atoms with Crippen LogP contribution in [0, 0.1) is 12.7 Å². The lowest BCUT2D eigenvalue weighted by Crippen LogP contribution is -2.26. The van der Waals surface area contributed by atoms with Gasteiger partial charge in [-0.3, -0.25) is 13.9 Å². The number of aromatic nitrogens is 4. The molecule has 0 radical (unpaired) electrons. The van der Waals surface area contributed by atoms with Crippen LogP contribution in [0.25, 0.3) is 11.2 Å². The van der Waals surface area contributed by atoms with Gasteiger partial charge in [-0.25, -0.2) is 24.2 Å². The van der Waals surface area contributed by atoms with Gasteiger partial charge in [-0.05, 0) is 67.9 Å². The topological polar surface area (TPSA) is 108 Å². The third kappa shape index (κ3) is 4.11. The molecule has 1 aromatic carbocycles. The Bertz CT molecular complexity index is 1270. The van der Waals surface area contributed by atoms with Crippen molar-refractivity contribution in [1.82, 2.24) is 19.1 Å². The maximum absolute atomic E-state index is 14.3. The van der Waals surface area contributed by atoms with E-state index >= 15 is 0 Å². The summed E-state index contributed by atoms with van der Waals surface area (Å²) in [5.74, 6) is 1.06. The summed E-state index contributed by atoms with van der Waals surface area (Å²) in [6.07, 6.45) is 9.32. The van der Waals surface area contributed by atoms with Gasteiger partial charge in [0.2, 0.25) is 5.95 Å². The Kier molecular flexibility index (Phi) is 5.74. The van der Waals surface area contributed by atoms with Gasteiger partial charge >= 0.3 is 5.69 Å². The first kappa shape index (κ1) is 22.3. The predicted molar refractivity (Wildman–Crippen MR) is 128 cm³/mol. The molecule has 8 nitrogen and oxygen atoms in total. The summed E-state index contributed by atoms with van der Waals surface area (Å²) in [6.45, 7) is 1.74. The molecule has 1 unspecified atom stereocenters. The highest BCUT2D eigenvalue weighted by Gasteiger charge is 2.26. The van der Waals surface area contributed by atoms with Crippen LogP contribution < -0.4 is 16.7 Å². The van der Waals surface area contributed by atoms with E-state index in [0.29, 0.717) is 22.4 Å². The predicted octanol–water partition coefficient (Wildman–Crippen LogP) is 3.21. The van der Waals surface area contributed by atoms with Crippen LogP contribution in [0.4, 0.5) is 16.0 Å². The first-order valence-electron chi connectivity index (χ1n) is 10.6. The summed E-state index contributed by atoms with van der Waals surface area (Å²) >= 11 is 0. The maximum Gasteiger partial charge on any atom is 0.330 e. The third-order valence-electron chi connectivity index (χ3n) is 6.26. The Morgan fingerprint density at radius 3 is 2.75 bits per heavy atom. The molecule has 3 heterocycles. The highest BCUT2D eigenvalue weighted by Crippen LogP contribution is 2.46. The quantitative estimate of drug-likeness (QED) is 0.622. The number of nitrogens with two attached hydrogens (primary N) is 1. The molecule has 2 aromatic heterocycles. The van der Waals surface area contributed by atoms with Gasteiger partial charge in [-0.2, -0.15) is 4.98 Å². The first-order valence-corrected chi connectivity index (χ1v) is 13.4. The number of fused-ring (bicyclic) bond motifs is 1. The molecule has 0 spiro atoms. The number of rotatable bonds is 4. The molecule has 3 N–H and O–H groups in total. The lowest BCUT2D eigenvalue weighted by Gasteiger charge is -2.29. The van der Waals surface area contributed by atoms with E-state index in [1.54, 1.807) is 29.3 Å². The highest BCUT2D eigenvalue weighted by molar-refractivity contribution is 8.32. The summed E-state index contributed by atoms with van der Waals surface area (Å²) in [6, 6.07) is 2.70. The van der Waals surface area contributed by atoms with E-state index in [4.69, 9.17) is 5.73 Å². The number of imidazole rings is 1. The van der Waals surface area contributed by atoms with Gasteiger partial charge in [-0.15, -0.1) is 0 Å². The molecule has 1 amide bonds. The summed E-state index contributed by atoms with van der Waals surface area (Å²) in [5, 5.41) is 3.02. The number of amides is 1. The number of carbonyl (C=O) groups excluding carboxylic acids is 1. The molecule has 1 atom stereocenters. The molecule has 0 aliphatic carbocycles. The second-order valence-electron chi connectivity index (χ2n) is 9.01. The number of carbonyl (C=O) groups is 1. The fourth-order valence-corrected chi connectivity index (χ4v) is 6.38. The molecule has 4 rings (SSSR count). The van der Waals surface area contributed by atoms with Crippen molar-refractivity contribution in [2.24, 2.45) is 12.8 Å². The number of aryl methyl sites for hydroxylation is 2.